The summed E-state index contributed by atoms with van der Waals surface area (Å²) in [4.78, 5) is 11.0. The van der Waals surface area contributed by atoms with Crippen LogP contribution in [0.3, 0.4) is 0 Å². The van der Waals surface area contributed by atoms with E-state index in [1.165, 1.54) is 12.8 Å². The molecule has 0 aromatic carbocycles. The Labute approximate surface area is 117 Å². The van der Waals surface area contributed by atoms with Crippen LogP contribution in [0.25, 0.3) is 0 Å². The standard InChI is InChI=1S/C13H20BrN3O/c1-13(2,17(3)4)8-18-11-7-10(14)15-12(16-11)9-5-6-9/h7,9H,5-6,8H2,1-4H3. The summed E-state index contributed by atoms with van der Waals surface area (Å²) in [6.07, 6.45) is 2.39. The van der Waals surface area contributed by atoms with Crippen LogP contribution in [-0.2, 0) is 0 Å². The van der Waals surface area contributed by atoms with Gasteiger partial charge in [0.05, 0.1) is 0 Å². The van der Waals surface area contributed by atoms with Gasteiger partial charge in [0.25, 0.3) is 0 Å². The van der Waals surface area contributed by atoms with Gasteiger partial charge in [0.2, 0.25) is 5.88 Å². The molecule has 100 valence electrons. The van der Waals surface area contributed by atoms with E-state index in [-0.39, 0.29) is 5.54 Å². The first-order chi connectivity index (χ1) is 8.38. The largest absolute Gasteiger partial charge is 0.476 e. The van der Waals surface area contributed by atoms with Gasteiger partial charge in [0.15, 0.2) is 0 Å². The maximum Gasteiger partial charge on any atom is 0.217 e. The maximum atomic E-state index is 5.81. The third-order valence-electron chi connectivity index (χ3n) is 3.42. The summed E-state index contributed by atoms with van der Waals surface area (Å²) in [5.74, 6) is 2.10. The van der Waals surface area contributed by atoms with Crippen LogP contribution in [0.5, 0.6) is 5.88 Å². The molecule has 18 heavy (non-hydrogen) atoms. The number of halogens is 1. The van der Waals surface area contributed by atoms with Crippen molar-refractivity contribution in [1.82, 2.24) is 14.9 Å². The first-order valence-electron chi connectivity index (χ1n) is 6.23. The molecule has 1 heterocycles. The monoisotopic (exact) mass is 313 g/mol. The molecule has 4 nitrogen and oxygen atoms in total. The molecular weight excluding hydrogens is 294 g/mol. The van der Waals surface area contributed by atoms with Crippen LogP contribution < -0.4 is 4.74 Å². The first kappa shape index (κ1) is 13.7. The van der Waals surface area contributed by atoms with Crippen LogP contribution in [0.1, 0.15) is 38.4 Å². The molecule has 0 aliphatic heterocycles. The van der Waals surface area contributed by atoms with Crippen LogP contribution in [0.4, 0.5) is 0 Å². The molecule has 0 unspecified atom stereocenters. The molecule has 2 rings (SSSR count). The number of nitrogens with zero attached hydrogens (tertiary/aromatic N) is 3. The second-order valence-electron chi connectivity index (χ2n) is 5.66. The predicted molar refractivity (Wildman–Crippen MR) is 75.0 cm³/mol. The Bertz CT molecular complexity index is 430. The van der Waals surface area contributed by atoms with E-state index in [2.05, 4.69) is 58.7 Å². The highest BCUT2D eigenvalue weighted by Gasteiger charge is 2.28. The predicted octanol–water partition coefficient (Wildman–Crippen LogP) is 2.84. The summed E-state index contributed by atoms with van der Waals surface area (Å²) in [5, 5.41) is 0. The molecule has 0 saturated heterocycles. The van der Waals surface area contributed by atoms with Crippen molar-refractivity contribution >= 4 is 15.9 Å². The topological polar surface area (TPSA) is 38.2 Å². The average molecular weight is 314 g/mol. The van der Waals surface area contributed by atoms with E-state index in [0.29, 0.717) is 18.4 Å². The van der Waals surface area contributed by atoms with Crippen molar-refractivity contribution in [1.29, 1.82) is 0 Å². The first-order valence-corrected chi connectivity index (χ1v) is 7.02. The minimum absolute atomic E-state index is 0.0167. The van der Waals surface area contributed by atoms with Gasteiger partial charge in [-0.1, -0.05) is 0 Å². The van der Waals surface area contributed by atoms with Gasteiger partial charge >= 0.3 is 0 Å². The zero-order valence-corrected chi connectivity index (χ0v) is 13.0. The van der Waals surface area contributed by atoms with Crippen molar-refractivity contribution in [3.05, 3.63) is 16.5 Å². The molecule has 1 aliphatic carbocycles. The maximum absolute atomic E-state index is 5.81. The molecule has 0 radical (unpaired) electrons. The van der Waals surface area contributed by atoms with Crippen LogP contribution in [0.15, 0.2) is 10.7 Å². The second-order valence-corrected chi connectivity index (χ2v) is 6.47. The third kappa shape index (κ3) is 3.42. The quantitative estimate of drug-likeness (QED) is 0.783. The smallest absolute Gasteiger partial charge is 0.217 e. The average Bonchev–Trinajstić information content (AvgIpc) is 3.09. The zero-order chi connectivity index (χ0) is 13.3. The lowest BCUT2D eigenvalue weighted by atomic mass is 10.1. The summed E-state index contributed by atoms with van der Waals surface area (Å²) >= 11 is 3.42. The summed E-state index contributed by atoms with van der Waals surface area (Å²) < 4.78 is 6.61. The lowest BCUT2D eigenvalue weighted by Gasteiger charge is -2.31. The van der Waals surface area contributed by atoms with E-state index in [1.807, 2.05) is 6.07 Å². The SMILES string of the molecule is CN(C)C(C)(C)COc1cc(Br)nc(C2CC2)n1. The van der Waals surface area contributed by atoms with Crippen molar-refractivity contribution in [3.8, 4) is 5.88 Å². The molecule has 0 spiro atoms. The highest BCUT2D eigenvalue weighted by molar-refractivity contribution is 9.10. The van der Waals surface area contributed by atoms with Crippen molar-refractivity contribution in [2.75, 3.05) is 20.7 Å². The fourth-order valence-electron chi connectivity index (χ4n) is 1.39. The molecule has 0 N–H and O–H groups in total. The summed E-state index contributed by atoms with van der Waals surface area (Å²) in [6, 6.07) is 1.83. The molecule has 1 aromatic rings. The number of hydrogen-bond acceptors (Lipinski definition) is 4. The molecule has 5 heteroatoms. The molecule has 0 amide bonds. The fourth-order valence-corrected chi connectivity index (χ4v) is 1.77. The number of hydrogen-bond donors (Lipinski definition) is 0. The van der Waals surface area contributed by atoms with Crippen LogP contribution in [0.2, 0.25) is 0 Å². The van der Waals surface area contributed by atoms with Crippen molar-refractivity contribution in [2.45, 2.75) is 38.1 Å². The summed E-state index contributed by atoms with van der Waals surface area (Å²) in [6.45, 7) is 4.89. The Morgan fingerprint density at radius 3 is 2.61 bits per heavy atom. The fraction of sp³-hybridized carbons (Fsp3) is 0.692. The van der Waals surface area contributed by atoms with Gasteiger partial charge in [0, 0.05) is 17.5 Å². The van der Waals surface area contributed by atoms with Crippen molar-refractivity contribution < 1.29 is 4.74 Å². The summed E-state index contributed by atoms with van der Waals surface area (Å²) in [5.41, 5.74) is -0.0167. The lowest BCUT2D eigenvalue weighted by Crippen LogP contribution is -2.43. The van der Waals surface area contributed by atoms with E-state index < -0.39 is 0 Å². The van der Waals surface area contributed by atoms with E-state index >= 15 is 0 Å². The molecule has 1 aromatic heterocycles. The number of aromatic nitrogens is 2. The number of likely N-dealkylation sites (N-methyl/N-ethyl adjacent to an activating group) is 1. The lowest BCUT2D eigenvalue weighted by molar-refractivity contribution is 0.111. The normalized spacial score (nSPS) is 16.1. The Kier molecular flexibility index (Phi) is 3.92. The molecule has 0 atom stereocenters. The second kappa shape index (κ2) is 5.13. The Balaban J connectivity index is 2.05. The van der Waals surface area contributed by atoms with Crippen LogP contribution in [-0.4, -0.2) is 41.1 Å². The van der Waals surface area contributed by atoms with Gasteiger partial charge in [-0.15, -0.1) is 0 Å². The molecule has 1 fully saturated rings. The van der Waals surface area contributed by atoms with Crippen molar-refractivity contribution in [2.24, 2.45) is 0 Å². The highest BCUT2D eigenvalue weighted by atomic mass is 79.9. The third-order valence-corrected chi connectivity index (χ3v) is 3.82. The summed E-state index contributed by atoms with van der Waals surface area (Å²) in [7, 11) is 4.10. The highest BCUT2D eigenvalue weighted by Crippen LogP contribution is 2.39. The number of ether oxygens (including phenoxy) is 1. The minimum Gasteiger partial charge on any atom is -0.476 e. The molecule has 1 aliphatic rings. The molecule has 1 saturated carbocycles. The van der Waals surface area contributed by atoms with Crippen LogP contribution in [0, 0.1) is 0 Å². The molecule has 0 bridgehead atoms. The van der Waals surface area contributed by atoms with E-state index in [4.69, 9.17) is 4.74 Å². The van der Waals surface area contributed by atoms with E-state index in [9.17, 15) is 0 Å². The Morgan fingerprint density at radius 1 is 1.39 bits per heavy atom. The van der Waals surface area contributed by atoms with Crippen molar-refractivity contribution in [3.63, 3.8) is 0 Å². The van der Waals surface area contributed by atoms with Gasteiger partial charge in [-0.05, 0) is 56.7 Å². The van der Waals surface area contributed by atoms with Gasteiger partial charge in [-0.25, -0.2) is 4.98 Å². The zero-order valence-electron chi connectivity index (χ0n) is 11.4. The Morgan fingerprint density at radius 2 is 2.06 bits per heavy atom. The van der Waals surface area contributed by atoms with Gasteiger partial charge < -0.3 is 9.64 Å². The minimum atomic E-state index is -0.0167. The Hall–Kier alpha value is -0.680. The molecular formula is C13H20BrN3O. The van der Waals surface area contributed by atoms with Gasteiger partial charge in [0.1, 0.15) is 17.0 Å². The van der Waals surface area contributed by atoms with E-state index in [1.54, 1.807) is 0 Å². The van der Waals surface area contributed by atoms with Gasteiger partial charge in [-0.2, -0.15) is 4.98 Å². The van der Waals surface area contributed by atoms with Gasteiger partial charge in [-0.3, -0.25) is 0 Å². The van der Waals surface area contributed by atoms with E-state index in [0.717, 1.165) is 10.4 Å². The van der Waals surface area contributed by atoms with Crippen LogP contribution >= 0.6 is 15.9 Å². The number of rotatable bonds is 5.